The number of carboxylic acid groups (broad SMARTS) is 1. The quantitative estimate of drug-likeness (QED) is 0.341. The summed E-state index contributed by atoms with van der Waals surface area (Å²) in [7, 11) is 0. The highest BCUT2D eigenvalue weighted by molar-refractivity contribution is 7.95. The Hall–Kier alpha value is -0.710. The fourth-order valence-corrected chi connectivity index (χ4v) is 2.63. The molecule has 0 aliphatic rings. The number of carbonyl (C=O) groups excluding carboxylic acids is 1. The lowest BCUT2D eigenvalue weighted by atomic mass is 10.1. The van der Waals surface area contributed by atoms with Gasteiger partial charge in [-0.25, -0.2) is 0 Å². The van der Waals surface area contributed by atoms with Gasteiger partial charge in [-0.3, -0.25) is 9.59 Å². The van der Waals surface area contributed by atoms with Crippen molar-refractivity contribution in [3.63, 3.8) is 0 Å². The third kappa shape index (κ3) is 17.2. The van der Waals surface area contributed by atoms with Gasteiger partial charge in [0.2, 0.25) is 0 Å². The maximum atomic E-state index is 11.1. The number of aliphatic carboxylic acids is 1. The molecule has 0 aromatic heterocycles. The number of hydrogen-bond acceptors (Lipinski definition) is 4. The zero-order chi connectivity index (χ0) is 15.8. The molecule has 1 N–H and O–H groups in total. The number of carbonyl (C=O) groups is 2. The van der Waals surface area contributed by atoms with Crippen LogP contribution in [0, 0.1) is 0 Å². The molecule has 0 rings (SSSR count). The van der Waals surface area contributed by atoms with Gasteiger partial charge in [0.15, 0.2) is 0 Å². The van der Waals surface area contributed by atoms with E-state index in [0.29, 0.717) is 0 Å². The van der Waals surface area contributed by atoms with Gasteiger partial charge in [-0.2, -0.15) is 0 Å². The molecule has 0 aliphatic carbocycles. The number of rotatable bonds is 15. The Balaban J connectivity index is 3.12. The molecule has 124 valence electrons. The van der Waals surface area contributed by atoms with Crippen LogP contribution in [0.5, 0.6) is 0 Å². The number of carboxylic acids is 1. The van der Waals surface area contributed by atoms with Gasteiger partial charge < -0.3 is 9.29 Å². The van der Waals surface area contributed by atoms with Gasteiger partial charge in [-0.05, 0) is 6.42 Å². The monoisotopic (exact) mass is 318 g/mol. The molecule has 0 aromatic rings. The highest BCUT2D eigenvalue weighted by Gasteiger charge is 2.06. The van der Waals surface area contributed by atoms with Gasteiger partial charge >= 0.3 is 11.9 Å². The SMILES string of the molecule is CCCCCCCCCCCCSOC(=O)CCC(=O)O. The fraction of sp³-hybridized carbons (Fsp3) is 0.875. The largest absolute Gasteiger partial charge is 0.481 e. The maximum absolute atomic E-state index is 11.1. The van der Waals surface area contributed by atoms with Crippen molar-refractivity contribution in [2.24, 2.45) is 0 Å². The van der Waals surface area contributed by atoms with Crippen LogP contribution in [0.3, 0.4) is 0 Å². The lowest BCUT2D eigenvalue weighted by molar-refractivity contribution is -0.141. The summed E-state index contributed by atoms with van der Waals surface area (Å²) in [6.07, 6.45) is 12.7. The van der Waals surface area contributed by atoms with Crippen molar-refractivity contribution in [2.45, 2.75) is 84.0 Å². The van der Waals surface area contributed by atoms with Crippen molar-refractivity contribution in [1.82, 2.24) is 0 Å². The first-order valence-corrected chi connectivity index (χ1v) is 9.12. The Labute approximate surface area is 133 Å². The molecular weight excluding hydrogens is 288 g/mol. The van der Waals surface area contributed by atoms with E-state index in [0.717, 1.165) is 24.2 Å². The summed E-state index contributed by atoms with van der Waals surface area (Å²) in [4.78, 5) is 21.4. The van der Waals surface area contributed by atoms with Crippen LogP contribution >= 0.6 is 12.0 Å². The average molecular weight is 318 g/mol. The van der Waals surface area contributed by atoms with Crippen LogP contribution in [0.2, 0.25) is 0 Å². The summed E-state index contributed by atoms with van der Waals surface area (Å²) in [5.74, 6) is -0.601. The van der Waals surface area contributed by atoms with Crippen LogP contribution in [0.1, 0.15) is 84.0 Å². The Morgan fingerprint density at radius 3 is 1.90 bits per heavy atom. The van der Waals surface area contributed by atoms with Crippen molar-refractivity contribution in [2.75, 3.05) is 5.75 Å². The predicted molar refractivity (Wildman–Crippen MR) is 87.3 cm³/mol. The Kier molecular flexibility index (Phi) is 15.1. The third-order valence-corrected chi connectivity index (χ3v) is 4.04. The molecular formula is C16H30O4S. The summed E-state index contributed by atoms with van der Waals surface area (Å²) in [5, 5.41) is 8.42. The van der Waals surface area contributed by atoms with Crippen LogP contribution in [-0.2, 0) is 13.8 Å². The van der Waals surface area contributed by atoms with Gasteiger partial charge in [-0.15, -0.1) is 0 Å². The third-order valence-electron chi connectivity index (χ3n) is 3.28. The molecule has 4 nitrogen and oxygen atoms in total. The van der Waals surface area contributed by atoms with Crippen LogP contribution in [-0.4, -0.2) is 22.8 Å². The first-order chi connectivity index (χ1) is 10.2. The number of unbranched alkanes of at least 4 members (excludes halogenated alkanes) is 9. The van der Waals surface area contributed by atoms with Crippen LogP contribution in [0.15, 0.2) is 0 Å². The molecule has 0 radical (unpaired) electrons. The standard InChI is InChI=1S/C16H30O4S/c1-2-3-4-5-6-7-8-9-10-11-14-21-20-16(19)13-12-15(17)18/h2-14H2,1H3,(H,17,18). The summed E-state index contributed by atoms with van der Waals surface area (Å²) in [6.45, 7) is 2.24. The van der Waals surface area contributed by atoms with Gasteiger partial charge in [-0.1, -0.05) is 64.7 Å². The zero-order valence-electron chi connectivity index (χ0n) is 13.3. The van der Waals surface area contributed by atoms with E-state index < -0.39 is 11.9 Å². The Morgan fingerprint density at radius 2 is 1.38 bits per heavy atom. The first-order valence-electron chi connectivity index (χ1n) is 8.21. The van der Waals surface area contributed by atoms with Crippen LogP contribution < -0.4 is 0 Å². The van der Waals surface area contributed by atoms with Gasteiger partial charge in [0.25, 0.3) is 0 Å². The van der Waals surface area contributed by atoms with Crippen molar-refractivity contribution in [3.8, 4) is 0 Å². The normalized spacial score (nSPS) is 10.5. The molecule has 5 heteroatoms. The van der Waals surface area contributed by atoms with Crippen molar-refractivity contribution < 1.29 is 18.9 Å². The van der Waals surface area contributed by atoms with E-state index in [9.17, 15) is 9.59 Å². The van der Waals surface area contributed by atoms with E-state index in [2.05, 4.69) is 6.92 Å². The second kappa shape index (κ2) is 15.7. The van der Waals surface area contributed by atoms with Crippen molar-refractivity contribution in [3.05, 3.63) is 0 Å². The van der Waals surface area contributed by atoms with E-state index >= 15 is 0 Å². The molecule has 0 spiro atoms. The van der Waals surface area contributed by atoms with Gasteiger partial charge in [0, 0.05) is 5.75 Å². The van der Waals surface area contributed by atoms with Crippen molar-refractivity contribution >= 4 is 24.0 Å². The van der Waals surface area contributed by atoms with Gasteiger partial charge in [0.1, 0.15) is 0 Å². The molecule has 0 aliphatic heterocycles. The minimum atomic E-state index is -0.966. The lowest BCUT2D eigenvalue weighted by Crippen LogP contribution is -2.04. The smallest absolute Gasteiger partial charge is 0.318 e. The Morgan fingerprint density at radius 1 is 0.857 bits per heavy atom. The second-order valence-electron chi connectivity index (χ2n) is 5.35. The zero-order valence-corrected chi connectivity index (χ0v) is 14.1. The molecule has 0 fully saturated rings. The summed E-state index contributed by atoms with van der Waals surface area (Å²) in [5.41, 5.74) is 0. The summed E-state index contributed by atoms with van der Waals surface area (Å²) >= 11 is 1.15. The highest BCUT2D eigenvalue weighted by Crippen LogP contribution is 2.13. The molecule has 0 aromatic carbocycles. The average Bonchev–Trinajstić information content (AvgIpc) is 2.46. The van der Waals surface area contributed by atoms with E-state index in [1.807, 2.05) is 0 Å². The fourth-order valence-electron chi connectivity index (χ4n) is 2.01. The summed E-state index contributed by atoms with van der Waals surface area (Å²) < 4.78 is 4.89. The maximum Gasteiger partial charge on any atom is 0.318 e. The second-order valence-corrected chi connectivity index (χ2v) is 6.16. The molecule has 0 amide bonds. The number of hydrogen-bond donors (Lipinski definition) is 1. The molecule has 0 unspecified atom stereocenters. The molecule has 0 atom stereocenters. The van der Waals surface area contributed by atoms with E-state index in [4.69, 9.17) is 9.29 Å². The molecule has 0 saturated heterocycles. The molecule has 0 saturated carbocycles. The van der Waals surface area contributed by atoms with Crippen LogP contribution in [0.25, 0.3) is 0 Å². The summed E-state index contributed by atoms with van der Waals surface area (Å²) in [6, 6.07) is 0. The minimum absolute atomic E-state index is 0.0413. The molecule has 0 bridgehead atoms. The van der Waals surface area contributed by atoms with Gasteiger partial charge in [0.05, 0.1) is 24.9 Å². The van der Waals surface area contributed by atoms with E-state index in [-0.39, 0.29) is 12.8 Å². The van der Waals surface area contributed by atoms with Crippen LogP contribution in [0.4, 0.5) is 0 Å². The molecule has 0 heterocycles. The first kappa shape index (κ1) is 20.3. The molecule has 21 heavy (non-hydrogen) atoms. The highest BCUT2D eigenvalue weighted by atomic mass is 32.2. The van der Waals surface area contributed by atoms with Crippen molar-refractivity contribution in [1.29, 1.82) is 0 Å². The van der Waals surface area contributed by atoms with E-state index in [1.165, 1.54) is 57.8 Å². The Bertz CT molecular complexity index is 269. The van der Waals surface area contributed by atoms with E-state index in [1.54, 1.807) is 0 Å². The topological polar surface area (TPSA) is 63.6 Å². The predicted octanol–water partition coefficient (Wildman–Crippen LogP) is 4.96. The minimum Gasteiger partial charge on any atom is -0.481 e. The lowest BCUT2D eigenvalue weighted by Gasteiger charge is -2.03.